The highest BCUT2D eigenvalue weighted by Crippen LogP contribution is 2.33. The minimum absolute atomic E-state index is 0.138. The number of halogens is 3. The molecule has 132 valence electrons. The third-order valence-electron chi connectivity index (χ3n) is 3.52. The lowest BCUT2D eigenvalue weighted by molar-refractivity contribution is -0.274. The fourth-order valence-corrected chi connectivity index (χ4v) is 2.47. The summed E-state index contributed by atoms with van der Waals surface area (Å²) >= 11 is 0. The number of hydrogen-bond acceptors (Lipinski definition) is 5. The van der Waals surface area contributed by atoms with Crippen LogP contribution in [-0.4, -0.2) is 23.5 Å². The number of rotatable bonds is 3. The number of nitrogens with two attached hydrogens (primary N) is 1. The molecule has 1 aliphatic rings. The van der Waals surface area contributed by atoms with Gasteiger partial charge in [-0.05, 0) is 42.3 Å². The van der Waals surface area contributed by atoms with Gasteiger partial charge in [-0.1, -0.05) is 6.07 Å². The largest absolute Gasteiger partial charge is 0.573 e. The maximum Gasteiger partial charge on any atom is 0.573 e. The minimum Gasteiger partial charge on any atom is -0.457 e. The van der Waals surface area contributed by atoms with E-state index in [0.717, 1.165) is 12.1 Å². The van der Waals surface area contributed by atoms with Crippen LogP contribution in [0.25, 0.3) is 0 Å². The van der Waals surface area contributed by atoms with Crippen molar-refractivity contribution in [3.05, 3.63) is 48.0 Å². The summed E-state index contributed by atoms with van der Waals surface area (Å²) in [6.45, 7) is 0. The number of hydrogen-bond donors (Lipinski definition) is 2. The molecule has 0 aliphatic carbocycles. The monoisotopic (exact) mass is 354 g/mol. The number of fused-ring (bicyclic) bond motifs is 1. The SMILES string of the molecule is NC1Cc2cc(Oc3cccc(OC(F)(F)F)c3)ccc2N(O)C1=O. The summed E-state index contributed by atoms with van der Waals surface area (Å²) in [7, 11) is 0. The van der Waals surface area contributed by atoms with Crippen molar-refractivity contribution in [3.8, 4) is 17.2 Å². The smallest absolute Gasteiger partial charge is 0.457 e. The third kappa shape index (κ3) is 3.83. The van der Waals surface area contributed by atoms with Gasteiger partial charge in [0.1, 0.15) is 17.2 Å². The van der Waals surface area contributed by atoms with Gasteiger partial charge in [-0.15, -0.1) is 13.2 Å². The number of alkyl halides is 3. The Hall–Kier alpha value is -2.78. The Bertz CT molecular complexity index is 810. The van der Waals surface area contributed by atoms with E-state index in [9.17, 15) is 23.2 Å². The molecule has 3 N–H and O–H groups in total. The Labute approximate surface area is 140 Å². The summed E-state index contributed by atoms with van der Waals surface area (Å²) in [6.07, 6.45) is -4.59. The molecule has 0 fully saturated rings. The average Bonchev–Trinajstić information content (AvgIpc) is 2.51. The minimum atomic E-state index is -4.79. The van der Waals surface area contributed by atoms with Crippen LogP contribution in [-0.2, 0) is 11.2 Å². The maximum absolute atomic E-state index is 12.3. The molecule has 6 nitrogen and oxygen atoms in total. The zero-order chi connectivity index (χ0) is 18.2. The number of hydroxylamine groups is 1. The first kappa shape index (κ1) is 17.1. The van der Waals surface area contributed by atoms with Crippen molar-refractivity contribution in [3.63, 3.8) is 0 Å². The van der Waals surface area contributed by atoms with Crippen molar-refractivity contribution in [1.82, 2.24) is 0 Å². The lowest BCUT2D eigenvalue weighted by Crippen LogP contribution is -2.47. The second-order valence-electron chi connectivity index (χ2n) is 5.38. The van der Waals surface area contributed by atoms with Gasteiger partial charge in [0.15, 0.2) is 0 Å². The van der Waals surface area contributed by atoms with E-state index < -0.39 is 24.1 Å². The molecule has 0 radical (unpaired) electrons. The van der Waals surface area contributed by atoms with Crippen LogP contribution >= 0.6 is 0 Å². The van der Waals surface area contributed by atoms with E-state index in [4.69, 9.17) is 10.5 Å². The lowest BCUT2D eigenvalue weighted by Gasteiger charge is -2.27. The molecule has 9 heteroatoms. The highest BCUT2D eigenvalue weighted by molar-refractivity contribution is 5.98. The van der Waals surface area contributed by atoms with Crippen LogP contribution in [0.2, 0.25) is 0 Å². The molecule has 1 amide bonds. The molecule has 2 aromatic carbocycles. The molecular formula is C16H13F3N2O4. The van der Waals surface area contributed by atoms with Gasteiger partial charge in [0.2, 0.25) is 0 Å². The van der Waals surface area contributed by atoms with Gasteiger partial charge in [-0.2, -0.15) is 5.06 Å². The predicted molar refractivity (Wildman–Crippen MR) is 80.6 cm³/mol. The molecule has 1 heterocycles. The summed E-state index contributed by atoms with van der Waals surface area (Å²) in [5.41, 5.74) is 6.51. The molecule has 1 atom stereocenters. The third-order valence-corrected chi connectivity index (χ3v) is 3.52. The molecule has 0 aromatic heterocycles. The maximum atomic E-state index is 12.3. The number of nitrogens with zero attached hydrogens (tertiary/aromatic N) is 1. The molecular weight excluding hydrogens is 341 g/mol. The van der Waals surface area contributed by atoms with E-state index in [1.165, 1.54) is 24.3 Å². The topological polar surface area (TPSA) is 85.0 Å². The second kappa shape index (κ2) is 6.26. The number of amides is 1. The van der Waals surface area contributed by atoms with Crippen LogP contribution in [0.15, 0.2) is 42.5 Å². The van der Waals surface area contributed by atoms with Crippen LogP contribution < -0.4 is 20.3 Å². The first-order valence-corrected chi connectivity index (χ1v) is 7.18. The van der Waals surface area contributed by atoms with E-state index in [0.29, 0.717) is 16.4 Å². The zero-order valence-corrected chi connectivity index (χ0v) is 12.7. The van der Waals surface area contributed by atoms with Gasteiger partial charge >= 0.3 is 6.36 Å². The highest BCUT2D eigenvalue weighted by atomic mass is 19.4. The number of benzene rings is 2. The molecule has 0 spiro atoms. The Kier molecular flexibility index (Phi) is 4.27. The molecule has 1 unspecified atom stereocenters. The van der Waals surface area contributed by atoms with E-state index in [1.54, 1.807) is 6.07 Å². The standard InChI is InChI=1S/C16H13F3N2O4/c17-16(18,19)25-12-3-1-2-10(8-12)24-11-4-5-14-9(6-11)7-13(20)15(22)21(14)23/h1-6,8,13,23H,7,20H2. The lowest BCUT2D eigenvalue weighted by atomic mass is 9.99. The van der Waals surface area contributed by atoms with Gasteiger partial charge in [0.05, 0.1) is 11.7 Å². The number of ether oxygens (including phenoxy) is 2. The van der Waals surface area contributed by atoms with Crippen molar-refractivity contribution in [2.24, 2.45) is 5.73 Å². The predicted octanol–water partition coefficient (Wildman–Crippen LogP) is 2.98. The summed E-state index contributed by atoms with van der Waals surface area (Å²) in [5.74, 6) is -0.563. The number of carbonyl (C=O) groups is 1. The summed E-state index contributed by atoms with van der Waals surface area (Å²) in [4.78, 5) is 11.6. The molecule has 0 saturated heterocycles. The van der Waals surface area contributed by atoms with Gasteiger partial charge in [-0.25, -0.2) is 0 Å². The second-order valence-corrected chi connectivity index (χ2v) is 5.38. The van der Waals surface area contributed by atoms with E-state index in [1.807, 2.05) is 0 Å². The number of anilines is 1. The Morgan fingerprint density at radius 2 is 1.80 bits per heavy atom. The first-order chi connectivity index (χ1) is 11.7. The van der Waals surface area contributed by atoms with Crippen molar-refractivity contribution in [2.45, 2.75) is 18.8 Å². The van der Waals surface area contributed by atoms with Crippen molar-refractivity contribution in [1.29, 1.82) is 0 Å². The summed E-state index contributed by atoms with van der Waals surface area (Å²) in [5, 5.41) is 10.2. The Morgan fingerprint density at radius 3 is 2.52 bits per heavy atom. The van der Waals surface area contributed by atoms with Crippen LogP contribution in [0, 0.1) is 0 Å². The van der Waals surface area contributed by atoms with Crippen molar-refractivity contribution < 1.29 is 32.6 Å². The van der Waals surface area contributed by atoms with Gasteiger partial charge in [0.25, 0.3) is 5.91 Å². The van der Waals surface area contributed by atoms with Crippen LogP contribution in [0.1, 0.15) is 5.56 Å². The molecule has 3 rings (SSSR count). The Morgan fingerprint density at radius 1 is 1.12 bits per heavy atom. The van der Waals surface area contributed by atoms with Crippen LogP contribution in [0.4, 0.5) is 18.9 Å². The van der Waals surface area contributed by atoms with Gasteiger partial charge < -0.3 is 15.2 Å². The summed E-state index contributed by atoms with van der Waals surface area (Å²) < 4.78 is 46.1. The van der Waals surface area contributed by atoms with Crippen LogP contribution in [0.3, 0.4) is 0 Å². The fourth-order valence-electron chi connectivity index (χ4n) is 2.47. The molecule has 1 aliphatic heterocycles. The molecule has 2 aromatic rings. The van der Waals surface area contributed by atoms with Gasteiger partial charge in [-0.3, -0.25) is 10.0 Å². The van der Waals surface area contributed by atoms with E-state index >= 15 is 0 Å². The zero-order valence-electron chi connectivity index (χ0n) is 12.7. The van der Waals surface area contributed by atoms with Gasteiger partial charge in [0, 0.05) is 6.07 Å². The number of carbonyl (C=O) groups excluding carboxylic acids is 1. The molecule has 25 heavy (non-hydrogen) atoms. The first-order valence-electron chi connectivity index (χ1n) is 7.18. The highest BCUT2D eigenvalue weighted by Gasteiger charge is 2.31. The van der Waals surface area contributed by atoms with Crippen molar-refractivity contribution >= 4 is 11.6 Å². The van der Waals surface area contributed by atoms with Crippen molar-refractivity contribution in [2.75, 3.05) is 5.06 Å². The summed E-state index contributed by atoms with van der Waals surface area (Å²) in [6, 6.07) is 8.70. The normalized spacial score (nSPS) is 17.2. The fraction of sp³-hybridized carbons (Fsp3) is 0.188. The molecule has 0 saturated carbocycles. The Balaban J connectivity index is 1.82. The quantitative estimate of drug-likeness (QED) is 0.828. The van der Waals surface area contributed by atoms with E-state index in [-0.39, 0.29) is 17.9 Å². The van der Waals surface area contributed by atoms with Crippen LogP contribution in [0.5, 0.6) is 17.2 Å². The van der Waals surface area contributed by atoms with E-state index in [2.05, 4.69) is 4.74 Å². The average molecular weight is 354 g/mol. The molecule has 0 bridgehead atoms.